The molecular formula is C20H12N2. The zero-order valence-electron chi connectivity index (χ0n) is 11.8. The summed E-state index contributed by atoms with van der Waals surface area (Å²) in [7, 11) is 0. The molecule has 4 aromatic carbocycles. The molecule has 0 atom stereocenters. The van der Waals surface area contributed by atoms with Crippen LogP contribution in [0.25, 0.3) is 43.4 Å². The van der Waals surface area contributed by atoms with Gasteiger partial charge in [0, 0.05) is 12.4 Å². The quantitative estimate of drug-likeness (QED) is 0.369. The second-order valence-electron chi connectivity index (χ2n) is 5.64. The van der Waals surface area contributed by atoms with Gasteiger partial charge in [-0.2, -0.15) is 0 Å². The average Bonchev–Trinajstić information content (AvgIpc) is 2.56. The Labute approximate surface area is 127 Å². The van der Waals surface area contributed by atoms with E-state index in [1.807, 2.05) is 0 Å². The van der Waals surface area contributed by atoms with E-state index >= 15 is 0 Å². The molecule has 5 rings (SSSR count). The number of aromatic nitrogens is 2. The van der Waals surface area contributed by atoms with Gasteiger partial charge in [0.05, 0.1) is 11.0 Å². The van der Waals surface area contributed by atoms with Crippen molar-refractivity contribution in [2.24, 2.45) is 0 Å². The maximum Gasteiger partial charge on any atom is 0.0893 e. The molecule has 102 valence electrons. The fourth-order valence-electron chi connectivity index (χ4n) is 3.15. The molecule has 0 spiro atoms. The predicted octanol–water partition coefficient (Wildman–Crippen LogP) is 5.09. The molecule has 22 heavy (non-hydrogen) atoms. The van der Waals surface area contributed by atoms with Gasteiger partial charge in [0.25, 0.3) is 0 Å². The van der Waals surface area contributed by atoms with Crippen LogP contribution < -0.4 is 0 Å². The summed E-state index contributed by atoms with van der Waals surface area (Å²) in [5.41, 5.74) is 1.88. The van der Waals surface area contributed by atoms with Crippen molar-refractivity contribution >= 4 is 43.4 Å². The van der Waals surface area contributed by atoms with Crippen LogP contribution in [-0.4, -0.2) is 9.97 Å². The van der Waals surface area contributed by atoms with Crippen molar-refractivity contribution in [1.29, 1.82) is 0 Å². The minimum Gasteiger partial charge on any atom is -0.253 e. The molecule has 0 aliphatic heterocycles. The van der Waals surface area contributed by atoms with Crippen LogP contribution in [0.1, 0.15) is 0 Å². The molecule has 0 aliphatic carbocycles. The molecule has 0 N–H and O–H groups in total. The molecule has 0 aliphatic rings. The van der Waals surface area contributed by atoms with Crippen LogP contribution in [0.5, 0.6) is 0 Å². The van der Waals surface area contributed by atoms with Crippen molar-refractivity contribution in [3.63, 3.8) is 0 Å². The Kier molecular flexibility index (Phi) is 2.25. The van der Waals surface area contributed by atoms with Crippen LogP contribution in [0, 0.1) is 0 Å². The molecule has 2 nitrogen and oxygen atoms in total. The fourth-order valence-corrected chi connectivity index (χ4v) is 3.15. The number of hydrogen-bond donors (Lipinski definition) is 0. The van der Waals surface area contributed by atoms with Gasteiger partial charge in [0.2, 0.25) is 0 Å². The van der Waals surface area contributed by atoms with Crippen molar-refractivity contribution in [2.45, 2.75) is 0 Å². The van der Waals surface area contributed by atoms with Gasteiger partial charge in [0.1, 0.15) is 0 Å². The maximum atomic E-state index is 4.40. The summed E-state index contributed by atoms with van der Waals surface area (Å²) < 4.78 is 0. The van der Waals surface area contributed by atoms with E-state index in [2.05, 4.69) is 70.6 Å². The van der Waals surface area contributed by atoms with Crippen LogP contribution in [0.2, 0.25) is 0 Å². The zero-order valence-corrected chi connectivity index (χ0v) is 11.8. The molecule has 1 heterocycles. The summed E-state index contributed by atoms with van der Waals surface area (Å²) in [4.78, 5) is 8.80. The van der Waals surface area contributed by atoms with E-state index in [1.165, 1.54) is 32.3 Å². The molecule has 2 heteroatoms. The first-order valence-corrected chi connectivity index (χ1v) is 7.34. The lowest BCUT2D eigenvalue weighted by molar-refractivity contribution is 1.30. The van der Waals surface area contributed by atoms with Gasteiger partial charge in [-0.15, -0.1) is 0 Å². The summed E-state index contributed by atoms with van der Waals surface area (Å²) in [6, 6.07) is 21.7. The summed E-state index contributed by atoms with van der Waals surface area (Å²) in [5.74, 6) is 0. The van der Waals surface area contributed by atoms with Crippen molar-refractivity contribution < 1.29 is 0 Å². The van der Waals surface area contributed by atoms with Crippen LogP contribution in [-0.2, 0) is 0 Å². The highest BCUT2D eigenvalue weighted by Crippen LogP contribution is 2.29. The van der Waals surface area contributed by atoms with E-state index in [1.54, 1.807) is 12.4 Å². The molecule has 0 saturated heterocycles. The SMILES string of the molecule is c1ccc2cc3cc4cc5nccnc5cc4cc3cc2c1. The van der Waals surface area contributed by atoms with Crippen molar-refractivity contribution in [2.75, 3.05) is 0 Å². The van der Waals surface area contributed by atoms with Gasteiger partial charge < -0.3 is 0 Å². The Morgan fingerprint density at radius 3 is 1.36 bits per heavy atom. The van der Waals surface area contributed by atoms with Gasteiger partial charge >= 0.3 is 0 Å². The highest BCUT2D eigenvalue weighted by Gasteiger charge is 2.03. The van der Waals surface area contributed by atoms with Crippen molar-refractivity contribution in [3.8, 4) is 0 Å². The maximum absolute atomic E-state index is 4.40. The monoisotopic (exact) mass is 280 g/mol. The lowest BCUT2D eigenvalue weighted by atomic mass is 9.99. The Morgan fingerprint density at radius 2 is 0.864 bits per heavy atom. The van der Waals surface area contributed by atoms with E-state index in [-0.39, 0.29) is 0 Å². The first-order valence-electron chi connectivity index (χ1n) is 7.34. The van der Waals surface area contributed by atoms with E-state index < -0.39 is 0 Å². The standard InChI is InChI=1S/C20H12N2/c1-2-4-14-8-16-10-18-12-20-19(21-5-6-22-20)11-17(18)9-15(16)7-13(14)3-1/h1-12H. The molecular weight excluding hydrogens is 268 g/mol. The molecule has 0 radical (unpaired) electrons. The third kappa shape index (κ3) is 1.67. The predicted molar refractivity (Wildman–Crippen MR) is 92.1 cm³/mol. The smallest absolute Gasteiger partial charge is 0.0893 e. The van der Waals surface area contributed by atoms with Crippen molar-refractivity contribution in [3.05, 3.63) is 73.1 Å². The van der Waals surface area contributed by atoms with Gasteiger partial charge in [-0.1, -0.05) is 24.3 Å². The second-order valence-corrected chi connectivity index (χ2v) is 5.64. The molecule has 0 unspecified atom stereocenters. The second kappa shape index (κ2) is 4.25. The summed E-state index contributed by atoms with van der Waals surface area (Å²) in [6.07, 6.45) is 3.48. The van der Waals surface area contributed by atoms with Crippen LogP contribution in [0.4, 0.5) is 0 Å². The van der Waals surface area contributed by atoms with Crippen LogP contribution in [0.3, 0.4) is 0 Å². The van der Waals surface area contributed by atoms with E-state index in [0.29, 0.717) is 0 Å². The number of benzene rings is 4. The van der Waals surface area contributed by atoms with Gasteiger partial charge in [0.15, 0.2) is 0 Å². The van der Waals surface area contributed by atoms with E-state index in [0.717, 1.165) is 11.0 Å². The van der Waals surface area contributed by atoms with E-state index in [9.17, 15) is 0 Å². The lowest BCUT2D eigenvalue weighted by Gasteiger charge is -2.06. The molecule has 0 fully saturated rings. The Balaban J connectivity index is 1.93. The van der Waals surface area contributed by atoms with Gasteiger partial charge in [-0.25, -0.2) is 0 Å². The lowest BCUT2D eigenvalue weighted by Crippen LogP contribution is -1.84. The summed E-state index contributed by atoms with van der Waals surface area (Å²) >= 11 is 0. The third-order valence-electron chi connectivity index (χ3n) is 4.25. The normalized spacial score (nSPS) is 11.6. The van der Waals surface area contributed by atoms with Crippen LogP contribution in [0.15, 0.2) is 73.1 Å². The fraction of sp³-hybridized carbons (Fsp3) is 0. The number of hydrogen-bond acceptors (Lipinski definition) is 2. The first-order chi connectivity index (χ1) is 10.9. The highest BCUT2D eigenvalue weighted by molar-refractivity contribution is 6.07. The Hall–Kier alpha value is -3.00. The summed E-state index contributed by atoms with van der Waals surface area (Å²) in [6.45, 7) is 0. The minimum absolute atomic E-state index is 0.940. The van der Waals surface area contributed by atoms with E-state index in [4.69, 9.17) is 0 Å². The highest BCUT2D eigenvalue weighted by atomic mass is 14.8. The average molecular weight is 280 g/mol. The zero-order chi connectivity index (χ0) is 14.5. The molecule has 1 aromatic heterocycles. The number of rotatable bonds is 0. The molecule has 5 aromatic rings. The number of nitrogens with zero attached hydrogens (tertiary/aromatic N) is 2. The van der Waals surface area contributed by atoms with Crippen LogP contribution >= 0.6 is 0 Å². The molecule has 0 saturated carbocycles. The summed E-state index contributed by atoms with van der Waals surface area (Å²) in [5, 5.41) is 7.47. The minimum atomic E-state index is 0.940. The first kappa shape index (κ1) is 11.6. The number of fused-ring (bicyclic) bond motifs is 4. The van der Waals surface area contributed by atoms with Gasteiger partial charge in [-0.05, 0) is 68.7 Å². The van der Waals surface area contributed by atoms with Crippen molar-refractivity contribution in [1.82, 2.24) is 9.97 Å². The Morgan fingerprint density at radius 1 is 0.455 bits per heavy atom. The third-order valence-corrected chi connectivity index (χ3v) is 4.25. The Bertz CT molecular complexity index is 992. The molecule has 0 bridgehead atoms. The topological polar surface area (TPSA) is 25.8 Å². The largest absolute Gasteiger partial charge is 0.253 e. The molecule has 0 amide bonds. The van der Waals surface area contributed by atoms with Gasteiger partial charge in [-0.3, -0.25) is 9.97 Å².